The van der Waals surface area contributed by atoms with E-state index in [1.165, 1.54) is 6.07 Å². The summed E-state index contributed by atoms with van der Waals surface area (Å²) in [5.74, 6) is 4.64. The third-order valence-electron chi connectivity index (χ3n) is 2.63. The van der Waals surface area contributed by atoms with Crippen LogP contribution in [0.3, 0.4) is 0 Å². The molecule has 21 heavy (non-hydrogen) atoms. The highest BCUT2D eigenvalue weighted by molar-refractivity contribution is 5.96. The zero-order chi connectivity index (χ0) is 15.9. The number of amides is 1. The first-order chi connectivity index (χ1) is 9.89. The van der Waals surface area contributed by atoms with Crippen LogP contribution in [0.15, 0.2) is 24.3 Å². The molecule has 0 atom stereocenters. The van der Waals surface area contributed by atoms with Crippen molar-refractivity contribution >= 4 is 5.91 Å². The molecule has 0 aliphatic heterocycles. The molecule has 0 fully saturated rings. The van der Waals surface area contributed by atoms with Crippen LogP contribution in [0.25, 0.3) is 0 Å². The van der Waals surface area contributed by atoms with Crippen molar-refractivity contribution in [3.05, 3.63) is 35.4 Å². The summed E-state index contributed by atoms with van der Waals surface area (Å²) < 4.78 is 37.7. The van der Waals surface area contributed by atoms with Gasteiger partial charge >= 0.3 is 6.18 Å². The van der Waals surface area contributed by atoms with Crippen LogP contribution in [0.2, 0.25) is 0 Å². The Labute approximate surface area is 121 Å². The lowest BCUT2D eigenvalue weighted by molar-refractivity contribution is -0.140. The van der Waals surface area contributed by atoms with E-state index in [0.717, 1.165) is 4.90 Å². The quantitative estimate of drug-likeness (QED) is 0.868. The molecule has 1 aromatic rings. The molecule has 1 rings (SSSR count). The Morgan fingerprint density at radius 3 is 2.57 bits per heavy atom. The van der Waals surface area contributed by atoms with Crippen LogP contribution in [0.5, 0.6) is 0 Å². The highest BCUT2D eigenvalue weighted by Gasteiger charge is 2.33. The van der Waals surface area contributed by atoms with Gasteiger partial charge in [0, 0.05) is 12.1 Å². The Kier molecular flexibility index (Phi) is 6.25. The van der Waals surface area contributed by atoms with Crippen LogP contribution >= 0.6 is 0 Å². The standard InChI is InChI=1S/C15H17F3N2O/c1-2-10-20(11-15(16,17)18)14(21)13-8-4-3-6-12(13)7-5-9-19/h3-4,6,8H,2,9-11,19H2,1H3. The third-order valence-corrected chi connectivity index (χ3v) is 2.63. The van der Waals surface area contributed by atoms with Crippen molar-refractivity contribution in [2.45, 2.75) is 19.5 Å². The summed E-state index contributed by atoms with van der Waals surface area (Å²) in [6.07, 6.45) is -3.98. The fourth-order valence-electron chi connectivity index (χ4n) is 1.83. The highest BCUT2D eigenvalue weighted by Crippen LogP contribution is 2.19. The zero-order valence-electron chi connectivity index (χ0n) is 11.7. The molecule has 0 bridgehead atoms. The van der Waals surface area contributed by atoms with Gasteiger partial charge in [-0.3, -0.25) is 4.79 Å². The summed E-state index contributed by atoms with van der Waals surface area (Å²) in [4.78, 5) is 13.1. The lowest BCUT2D eigenvalue weighted by Gasteiger charge is -2.24. The van der Waals surface area contributed by atoms with Crippen molar-refractivity contribution in [3.63, 3.8) is 0 Å². The molecule has 0 spiro atoms. The summed E-state index contributed by atoms with van der Waals surface area (Å²) in [6, 6.07) is 6.33. The van der Waals surface area contributed by atoms with Gasteiger partial charge in [0.15, 0.2) is 0 Å². The van der Waals surface area contributed by atoms with Gasteiger partial charge in [-0.25, -0.2) is 0 Å². The smallest absolute Gasteiger partial charge is 0.330 e. The van der Waals surface area contributed by atoms with E-state index in [9.17, 15) is 18.0 Å². The molecule has 0 saturated heterocycles. The van der Waals surface area contributed by atoms with Crippen LogP contribution in [-0.4, -0.2) is 36.6 Å². The van der Waals surface area contributed by atoms with Crippen molar-refractivity contribution in [2.24, 2.45) is 5.73 Å². The fourth-order valence-corrected chi connectivity index (χ4v) is 1.83. The average molecular weight is 298 g/mol. The van der Waals surface area contributed by atoms with Crippen LogP contribution in [-0.2, 0) is 0 Å². The van der Waals surface area contributed by atoms with Crippen molar-refractivity contribution < 1.29 is 18.0 Å². The summed E-state index contributed by atoms with van der Waals surface area (Å²) in [5.41, 5.74) is 5.82. The average Bonchev–Trinajstić information content (AvgIpc) is 2.43. The summed E-state index contributed by atoms with van der Waals surface area (Å²) in [6.45, 7) is 0.607. The molecule has 0 radical (unpaired) electrons. The number of benzene rings is 1. The van der Waals surface area contributed by atoms with Gasteiger partial charge in [-0.15, -0.1) is 0 Å². The van der Waals surface area contributed by atoms with Gasteiger partial charge in [0.05, 0.1) is 12.1 Å². The summed E-state index contributed by atoms with van der Waals surface area (Å²) in [5, 5.41) is 0. The van der Waals surface area contributed by atoms with Gasteiger partial charge in [0.1, 0.15) is 6.54 Å². The molecule has 3 nitrogen and oxygen atoms in total. The topological polar surface area (TPSA) is 46.3 Å². The van der Waals surface area contributed by atoms with Gasteiger partial charge in [0.2, 0.25) is 0 Å². The van der Waals surface area contributed by atoms with E-state index in [1.807, 2.05) is 0 Å². The second kappa shape index (κ2) is 7.70. The largest absolute Gasteiger partial charge is 0.406 e. The molecule has 1 aromatic carbocycles. The van der Waals surface area contributed by atoms with Gasteiger partial charge in [-0.05, 0) is 18.6 Å². The molecule has 2 N–H and O–H groups in total. The monoisotopic (exact) mass is 298 g/mol. The Morgan fingerprint density at radius 2 is 2.00 bits per heavy atom. The molecule has 0 heterocycles. The minimum absolute atomic E-state index is 0.0387. The number of nitrogens with two attached hydrogens (primary N) is 1. The predicted octanol–water partition coefficient (Wildman–Crippen LogP) is 2.41. The van der Waals surface area contributed by atoms with E-state index in [1.54, 1.807) is 25.1 Å². The van der Waals surface area contributed by atoms with Gasteiger partial charge in [0.25, 0.3) is 5.91 Å². The molecule has 1 amide bonds. The minimum atomic E-state index is -4.43. The van der Waals surface area contributed by atoms with E-state index >= 15 is 0 Å². The molecule has 0 unspecified atom stereocenters. The number of nitrogens with zero attached hydrogens (tertiary/aromatic N) is 1. The summed E-state index contributed by atoms with van der Waals surface area (Å²) >= 11 is 0. The first-order valence-corrected chi connectivity index (χ1v) is 6.53. The van der Waals surface area contributed by atoms with E-state index in [-0.39, 0.29) is 18.7 Å². The maximum atomic E-state index is 12.6. The lowest BCUT2D eigenvalue weighted by atomic mass is 10.1. The lowest BCUT2D eigenvalue weighted by Crippen LogP contribution is -2.39. The van der Waals surface area contributed by atoms with Crippen LogP contribution < -0.4 is 5.73 Å². The second-order valence-corrected chi connectivity index (χ2v) is 4.39. The fraction of sp³-hybridized carbons (Fsp3) is 0.400. The molecule has 114 valence electrons. The normalized spacial score (nSPS) is 10.7. The number of hydrogen-bond donors (Lipinski definition) is 1. The number of halogens is 3. The zero-order valence-corrected chi connectivity index (χ0v) is 11.7. The first-order valence-electron chi connectivity index (χ1n) is 6.53. The molecule has 0 aliphatic rings. The third kappa shape index (κ3) is 5.48. The molecular weight excluding hydrogens is 281 g/mol. The highest BCUT2D eigenvalue weighted by atomic mass is 19.4. The molecule has 0 aliphatic carbocycles. The van der Waals surface area contributed by atoms with Gasteiger partial charge < -0.3 is 10.6 Å². The number of alkyl halides is 3. The number of rotatable bonds is 4. The van der Waals surface area contributed by atoms with Crippen molar-refractivity contribution in [2.75, 3.05) is 19.6 Å². The molecule has 0 aromatic heterocycles. The molecule has 0 saturated carbocycles. The predicted molar refractivity (Wildman–Crippen MR) is 74.6 cm³/mol. The van der Waals surface area contributed by atoms with Crippen LogP contribution in [0.1, 0.15) is 29.3 Å². The summed E-state index contributed by atoms with van der Waals surface area (Å²) in [7, 11) is 0. The van der Waals surface area contributed by atoms with E-state index in [0.29, 0.717) is 12.0 Å². The number of carbonyl (C=O) groups is 1. The molecular formula is C15H17F3N2O. The van der Waals surface area contributed by atoms with Crippen molar-refractivity contribution in [1.82, 2.24) is 4.90 Å². The van der Waals surface area contributed by atoms with Crippen molar-refractivity contribution in [1.29, 1.82) is 0 Å². The Balaban J connectivity index is 3.09. The minimum Gasteiger partial charge on any atom is -0.330 e. The van der Waals surface area contributed by atoms with Gasteiger partial charge in [-0.1, -0.05) is 30.9 Å². The molecule has 6 heteroatoms. The van der Waals surface area contributed by atoms with Crippen molar-refractivity contribution in [3.8, 4) is 11.8 Å². The van der Waals surface area contributed by atoms with E-state index in [4.69, 9.17) is 5.73 Å². The number of hydrogen-bond acceptors (Lipinski definition) is 2. The first kappa shape index (κ1) is 17.1. The Bertz CT molecular complexity index is 544. The second-order valence-electron chi connectivity index (χ2n) is 4.39. The maximum Gasteiger partial charge on any atom is 0.406 e. The Morgan fingerprint density at radius 1 is 1.33 bits per heavy atom. The van der Waals surface area contributed by atoms with Crippen LogP contribution in [0, 0.1) is 11.8 Å². The van der Waals surface area contributed by atoms with E-state index in [2.05, 4.69) is 11.8 Å². The van der Waals surface area contributed by atoms with Gasteiger partial charge in [-0.2, -0.15) is 13.2 Å². The maximum absolute atomic E-state index is 12.6. The SMILES string of the molecule is CCCN(CC(F)(F)F)C(=O)c1ccccc1C#CCN. The van der Waals surface area contributed by atoms with Crippen LogP contribution in [0.4, 0.5) is 13.2 Å². The van der Waals surface area contributed by atoms with E-state index < -0.39 is 18.6 Å². The Hall–Kier alpha value is -2.00. The number of carbonyl (C=O) groups excluding carboxylic acids is 1.